The highest BCUT2D eigenvalue weighted by atomic mass is 32.1. The van der Waals surface area contributed by atoms with Crippen molar-refractivity contribution >= 4 is 48.9 Å². The molecule has 4 aromatic rings. The van der Waals surface area contributed by atoms with Crippen LogP contribution in [-0.4, -0.2) is 75.8 Å². The molecule has 3 saturated heterocycles. The second kappa shape index (κ2) is 11.4. The summed E-state index contributed by atoms with van der Waals surface area (Å²) in [5, 5.41) is 0.642. The van der Waals surface area contributed by atoms with Gasteiger partial charge in [-0.05, 0) is 56.1 Å². The summed E-state index contributed by atoms with van der Waals surface area (Å²) in [5.74, 6) is -1.35. The first-order valence-electron chi connectivity index (χ1n) is 15.1. The third-order valence-corrected chi connectivity index (χ3v) is 10.6. The number of alkyl halides is 1. The molecule has 7 rings (SSSR count). The molecule has 0 spiro atoms. The minimum atomic E-state index is -0.935. The summed E-state index contributed by atoms with van der Waals surface area (Å²) < 4.78 is 58.0. The minimum Gasteiger partial charge on any atom is -0.471 e. The Bertz CT molecular complexity index is 1950. The van der Waals surface area contributed by atoms with Gasteiger partial charge in [-0.2, -0.15) is 9.97 Å². The third-order valence-electron chi connectivity index (χ3n) is 9.56. The Morgan fingerprint density at radius 3 is 2.87 bits per heavy atom. The van der Waals surface area contributed by atoms with Gasteiger partial charge in [0.05, 0.1) is 38.8 Å². The summed E-state index contributed by atoms with van der Waals surface area (Å²) in [4.78, 5) is 28.8. The maximum Gasteiger partial charge on any atom is 0.320 e. The SMILES string of the molecule is [C-]#[N+]c1c(N)sc2c(F)ccc(-c3cc4nc(OC[C@@]56CCCN5C[C@H](F)C6)nc(O[C@@H]5CCN(C(=O)C=C)[C@@H]5C)c4cc3F)c12. The van der Waals surface area contributed by atoms with Crippen LogP contribution in [0, 0.1) is 18.2 Å². The molecule has 0 bridgehead atoms. The Kier molecular flexibility index (Phi) is 7.52. The van der Waals surface area contributed by atoms with Crippen molar-refractivity contribution in [3.63, 3.8) is 0 Å². The maximum absolute atomic E-state index is 16.0. The number of carbonyl (C=O) groups excluding carboxylic acids is 1. The van der Waals surface area contributed by atoms with Gasteiger partial charge in [0.15, 0.2) is 0 Å². The van der Waals surface area contributed by atoms with E-state index in [1.165, 1.54) is 30.3 Å². The van der Waals surface area contributed by atoms with Crippen molar-refractivity contribution in [2.45, 2.75) is 56.5 Å². The molecule has 3 aliphatic rings. The van der Waals surface area contributed by atoms with Gasteiger partial charge in [-0.15, -0.1) is 11.3 Å². The van der Waals surface area contributed by atoms with Crippen LogP contribution in [0.25, 0.3) is 37.0 Å². The molecule has 5 heterocycles. The van der Waals surface area contributed by atoms with Crippen molar-refractivity contribution < 1.29 is 27.4 Å². The zero-order chi connectivity index (χ0) is 32.3. The number of ether oxygens (including phenoxy) is 2. The molecule has 2 aromatic carbocycles. The van der Waals surface area contributed by atoms with Gasteiger partial charge in [0.25, 0.3) is 0 Å². The second-order valence-electron chi connectivity index (χ2n) is 12.2. The van der Waals surface area contributed by atoms with E-state index in [0.717, 1.165) is 30.7 Å². The number of benzene rings is 2. The lowest BCUT2D eigenvalue weighted by Crippen LogP contribution is -2.43. The molecule has 3 fully saturated rings. The lowest BCUT2D eigenvalue weighted by molar-refractivity contribution is -0.127. The van der Waals surface area contributed by atoms with E-state index in [1.54, 1.807) is 4.90 Å². The number of hydrogen-bond acceptors (Lipinski definition) is 8. The van der Waals surface area contributed by atoms with Crippen molar-refractivity contribution in [2.75, 3.05) is 32.0 Å². The summed E-state index contributed by atoms with van der Waals surface area (Å²) >= 11 is 0.937. The molecular formula is C33H31F3N6O3S. The first-order valence-corrected chi connectivity index (χ1v) is 16.0. The van der Waals surface area contributed by atoms with Gasteiger partial charge in [0.2, 0.25) is 17.5 Å². The maximum atomic E-state index is 16.0. The highest BCUT2D eigenvalue weighted by Gasteiger charge is 2.49. The fourth-order valence-electron chi connectivity index (χ4n) is 7.26. The van der Waals surface area contributed by atoms with Crippen LogP contribution >= 0.6 is 11.3 Å². The molecule has 4 atom stereocenters. The molecule has 238 valence electrons. The Morgan fingerprint density at radius 1 is 1.26 bits per heavy atom. The van der Waals surface area contributed by atoms with Gasteiger partial charge < -0.3 is 20.1 Å². The molecule has 46 heavy (non-hydrogen) atoms. The lowest BCUT2D eigenvalue weighted by atomic mass is 9.95. The lowest BCUT2D eigenvalue weighted by Gasteiger charge is -2.30. The summed E-state index contributed by atoms with van der Waals surface area (Å²) in [6.45, 7) is 14.9. The van der Waals surface area contributed by atoms with Crippen LogP contribution in [-0.2, 0) is 4.79 Å². The van der Waals surface area contributed by atoms with Gasteiger partial charge >= 0.3 is 6.01 Å². The fourth-order valence-corrected chi connectivity index (χ4v) is 8.20. The number of aromatic nitrogens is 2. The van der Waals surface area contributed by atoms with E-state index in [-0.39, 0.29) is 62.2 Å². The molecule has 9 nitrogen and oxygen atoms in total. The van der Waals surface area contributed by atoms with E-state index in [1.807, 2.05) is 6.92 Å². The number of nitrogens with zero attached hydrogens (tertiary/aromatic N) is 5. The van der Waals surface area contributed by atoms with Crippen LogP contribution in [0.4, 0.5) is 23.9 Å². The summed E-state index contributed by atoms with van der Waals surface area (Å²) in [7, 11) is 0. The zero-order valence-electron chi connectivity index (χ0n) is 25.1. The number of amides is 1. The van der Waals surface area contributed by atoms with Gasteiger partial charge in [-0.25, -0.2) is 18.0 Å². The number of nitrogens with two attached hydrogens (primary N) is 1. The van der Waals surface area contributed by atoms with Crippen LogP contribution in [0.5, 0.6) is 11.9 Å². The predicted molar refractivity (Wildman–Crippen MR) is 170 cm³/mol. The summed E-state index contributed by atoms with van der Waals surface area (Å²) in [5.41, 5.74) is 6.32. The molecular weight excluding hydrogens is 617 g/mol. The highest BCUT2D eigenvalue weighted by Crippen LogP contribution is 2.47. The second-order valence-corrected chi connectivity index (χ2v) is 13.2. The standard InChI is InChI=1S/C33H31F3N6O3S/c1-4-26(43)42-11-8-25(17(42)2)45-31-21-12-23(36)20(19-6-7-22(35)29-27(19)28(38-3)30(37)46-29)13-24(21)39-32(40-31)44-16-33-9-5-10-41(33)15-18(34)14-33/h4,6-7,12-13,17-18,25H,1,5,8-11,14-16,37H2,2H3/t17-,18-,25-,33+/m1/s1. The van der Waals surface area contributed by atoms with Gasteiger partial charge in [-0.1, -0.05) is 12.6 Å². The van der Waals surface area contributed by atoms with Crippen LogP contribution in [0.2, 0.25) is 0 Å². The van der Waals surface area contributed by atoms with Gasteiger partial charge in [0.1, 0.15) is 30.5 Å². The Labute approximate surface area is 267 Å². The Balaban J connectivity index is 1.32. The first kappa shape index (κ1) is 30.3. The number of thiophene rings is 1. The average molecular weight is 649 g/mol. The van der Waals surface area contributed by atoms with Crippen LogP contribution in [0.3, 0.4) is 0 Å². The number of anilines is 1. The smallest absolute Gasteiger partial charge is 0.320 e. The van der Waals surface area contributed by atoms with Crippen molar-refractivity contribution in [1.82, 2.24) is 19.8 Å². The van der Waals surface area contributed by atoms with Crippen LogP contribution < -0.4 is 15.2 Å². The van der Waals surface area contributed by atoms with E-state index in [9.17, 15) is 13.6 Å². The van der Waals surface area contributed by atoms with E-state index in [0.29, 0.717) is 37.0 Å². The molecule has 13 heteroatoms. The molecule has 2 N–H and O–H groups in total. The van der Waals surface area contributed by atoms with Crippen LogP contribution in [0.1, 0.15) is 32.6 Å². The number of rotatable bonds is 7. The predicted octanol–water partition coefficient (Wildman–Crippen LogP) is 6.43. The number of likely N-dealkylation sites (tertiary alicyclic amines) is 1. The topological polar surface area (TPSA) is 98.2 Å². The number of carbonyl (C=O) groups is 1. The van der Waals surface area contributed by atoms with Crippen molar-refractivity contribution in [3.05, 3.63) is 60.0 Å². The van der Waals surface area contributed by atoms with E-state index in [2.05, 4.69) is 26.3 Å². The number of fused-ring (bicyclic) bond motifs is 3. The fraction of sp³-hybridized carbons (Fsp3) is 0.394. The molecule has 1 amide bonds. The zero-order valence-corrected chi connectivity index (χ0v) is 25.9. The van der Waals surface area contributed by atoms with Gasteiger partial charge in [-0.3, -0.25) is 9.69 Å². The largest absolute Gasteiger partial charge is 0.471 e. The summed E-state index contributed by atoms with van der Waals surface area (Å²) in [6, 6.07) is 5.07. The first-order chi connectivity index (χ1) is 22.1. The van der Waals surface area contributed by atoms with Crippen LogP contribution in [0.15, 0.2) is 36.9 Å². The van der Waals surface area contributed by atoms with Crippen molar-refractivity contribution in [2.24, 2.45) is 0 Å². The Hall–Kier alpha value is -4.41. The normalized spacial score (nSPS) is 24.4. The highest BCUT2D eigenvalue weighted by molar-refractivity contribution is 7.23. The minimum absolute atomic E-state index is 0.0147. The van der Waals surface area contributed by atoms with E-state index in [4.69, 9.17) is 21.8 Å². The quantitative estimate of drug-likeness (QED) is 0.182. The van der Waals surface area contributed by atoms with E-state index < -0.39 is 29.4 Å². The third kappa shape index (κ3) is 4.91. The molecule has 3 aliphatic heterocycles. The van der Waals surface area contributed by atoms with E-state index >= 15 is 4.39 Å². The molecule has 0 saturated carbocycles. The molecule has 0 radical (unpaired) electrons. The van der Waals surface area contributed by atoms with Crippen molar-refractivity contribution in [1.29, 1.82) is 0 Å². The number of halogens is 3. The summed E-state index contributed by atoms with van der Waals surface area (Å²) in [6.07, 6.45) is 2.49. The van der Waals surface area contributed by atoms with Crippen molar-refractivity contribution in [3.8, 4) is 23.0 Å². The van der Waals surface area contributed by atoms with Gasteiger partial charge in [0, 0.05) is 36.9 Å². The molecule has 0 unspecified atom stereocenters. The Morgan fingerprint density at radius 2 is 2.09 bits per heavy atom. The molecule has 2 aromatic heterocycles. The average Bonchev–Trinajstić information content (AvgIpc) is 3.77. The molecule has 0 aliphatic carbocycles. The number of hydrogen-bond donors (Lipinski definition) is 1. The monoisotopic (exact) mass is 648 g/mol. The number of nitrogen functional groups attached to an aromatic ring is 1.